The summed E-state index contributed by atoms with van der Waals surface area (Å²) in [5.74, 6) is 0.242. The fourth-order valence-corrected chi connectivity index (χ4v) is 2.29. The predicted molar refractivity (Wildman–Crippen MR) is 99.0 cm³/mol. The molecule has 2 aromatic carbocycles. The number of nitro groups is 1. The molecule has 0 aliphatic heterocycles. The van der Waals surface area contributed by atoms with Crippen LogP contribution < -0.4 is 15.4 Å². The Labute approximate surface area is 151 Å². The molecule has 0 aromatic heterocycles. The second-order valence-corrected chi connectivity index (χ2v) is 5.44. The minimum absolute atomic E-state index is 0.148. The summed E-state index contributed by atoms with van der Waals surface area (Å²) in [5.41, 5.74) is 0.993. The quantitative estimate of drug-likeness (QED) is 0.404. The maximum atomic E-state index is 12.4. The Balaban J connectivity index is 2.11. The third-order valence-electron chi connectivity index (χ3n) is 3.65. The second-order valence-electron chi connectivity index (χ2n) is 5.44. The fraction of sp³-hybridized carbons (Fsp3) is 0.278. The third kappa shape index (κ3) is 5.18. The van der Waals surface area contributed by atoms with Crippen LogP contribution >= 0.6 is 0 Å². The van der Waals surface area contributed by atoms with E-state index in [1.807, 2.05) is 0 Å². The first-order chi connectivity index (χ1) is 12.5. The molecule has 0 heterocycles. The molecule has 0 spiro atoms. The summed E-state index contributed by atoms with van der Waals surface area (Å²) in [7, 11) is 3.15. The average Bonchev–Trinajstić information content (AvgIpc) is 2.65. The van der Waals surface area contributed by atoms with Crippen LogP contribution in [0.25, 0.3) is 0 Å². The normalized spacial score (nSPS) is 10.2. The molecule has 1 amide bonds. The van der Waals surface area contributed by atoms with Crippen molar-refractivity contribution in [3.63, 3.8) is 0 Å². The molecule has 0 saturated carbocycles. The molecule has 138 valence electrons. The van der Waals surface area contributed by atoms with Gasteiger partial charge in [-0.15, -0.1) is 0 Å². The number of nitrogens with one attached hydrogen (secondary N) is 2. The number of hydrogen-bond donors (Lipinski definition) is 2. The fourth-order valence-electron chi connectivity index (χ4n) is 2.29. The zero-order chi connectivity index (χ0) is 18.9. The lowest BCUT2D eigenvalue weighted by molar-refractivity contribution is -0.384. The van der Waals surface area contributed by atoms with E-state index in [2.05, 4.69) is 10.6 Å². The van der Waals surface area contributed by atoms with Crippen molar-refractivity contribution in [3.8, 4) is 5.75 Å². The van der Waals surface area contributed by atoms with Gasteiger partial charge in [-0.2, -0.15) is 0 Å². The molecule has 0 aliphatic rings. The number of carbonyl (C=O) groups excluding carboxylic acids is 1. The number of rotatable bonds is 9. The smallest absolute Gasteiger partial charge is 0.293 e. The summed E-state index contributed by atoms with van der Waals surface area (Å²) < 4.78 is 10.0. The van der Waals surface area contributed by atoms with Crippen LogP contribution in [0.5, 0.6) is 5.75 Å². The van der Waals surface area contributed by atoms with Crippen LogP contribution in [0.3, 0.4) is 0 Å². The second kappa shape index (κ2) is 9.38. The monoisotopic (exact) mass is 359 g/mol. The van der Waals surface area contributed by atoms with Gasteiger partial charge in [-0.1, -0.05) is 0 Å². The molecule has 0 aliphatic carbocycles. The molecule has 0 fully saturated rings. The number of ether oxygens (including phenoxy) is 2. The van der Waals surface area contributed by atoms with Gasteiger partial charge in [-0.25, -0.2) is 0 Å². The van der Waals surface area contributed by atoms with Gasteiger partial charge in [0, 0.05) is 37.6 Å². The number of nitrogens with zero attached hydrogens (tertiary/aromatic N) is 1. The van der Waals surface area contributed by atoms with E-state index in [0.29, 0.717) is 36.7 Å². The summed E-state index contributed by atoms with van der Waals surface area (Å²) >= 11 is 0. The van der Waals surface area contributed by atoms with Crippen molar-refractivity contribution in [2.24, 2.45) is 0 Å². The van der Waals surface area contributed by atoms with Gasteiger partial charge < -0.3 is 20.1 Å². The SMILES string of the molecule is COCCCNc1ccc(C(=O)Nc2ccc(OC)cc2)cc1[N+](=O)[O-]. The van der Waals surface area contributed by atoms with Crippen LogP contribution in [0.4, 0.5) is 17.1 Å². The maximum Gasteiger partial charge on any atom is 0.293 e. The molecule has 0 bridgehead atoms. The van der Waals surface area contributed by atoms with E-state index in [9.17, 15) is 14.9 Å². The molecule has 8 heteroatoms. The Hall–Kier alpha value is -3.13. The van der Waals surface area contributed by atoms with E-state index in [1.54, 1.807) is 44.6 Å². The van der Waals surface area contributed by atoms with Crippen LogP contribution in [-0.4, -0.2) is 38.2 Å². The lowest BCUT2D eigenvalue weighted by Gasteiger charge is -2.09. The van der Waals surface area contributed by atoms with Gasteiger partial charge in [-0.05, 0) is 42.8 Å². The lowest BCUT2D eigenvalue weighted by atomic mass is 10.1. The van der Waals surface area contributed by atoms with Gasteiger partial charge >= 0.3 is 0 Å². The highest BCUT2D eigenvalue weighted by atomic mass is 16.6. The summed E-state index contributed by atoms with van der Waals surface area (Å²) in [6.45, 7) is 1.09. The Bertz CT molecular complexity index is 762. The average molecular weight is 359 g/mol. The van der Waals surface area contributed by atoms with E-state index in [1.165, 1.54) is 12.1 Å². The summed E-state index contributed by atoms with van der Waals surface area (Å²) in [4.78, 5) is 23.2. The molecule has 2 rings (SSSR count). The molecule has 0 saturated heterocycles. The lowest BCUT2D eigenvalue weighted by Crippen LogP contribution is -2.13. The number of carbonyl (C=O) groups is 1. The molecule has 26 heavy (non-hydrogen) atoms. The molecule has 8 nitrogen and oxygen atoms in total. The van der Waals surface area contributed by atoms with Gasteiger partial charge in [0.05, 0.1) is 12.0 Å². The van der Waals surface area contributed by atoms with E-state index >= 15 is 0 Å². The van der Waals surface area contributed by atoms with Crippen molar-refractivity contribution in [2.45, 2.75) is 6.42 Å². The predicted octanol–water partition coefficient (Wildman–Crippen LogP) is 3.30. The Morgan fingerprint density at radius 3 is 2.50 bits per heavy atom. The Morgan fingerprint density at radius 2 is 1.88 bits per heavy atom. The minimum atomic E-state index is -0.511. The number of benzene rings is 2. The highest BCUT2D eigenvalue weighted by Crippen LogP contribution is 2.26. The standard InChI is InChI=1S/C18H21N3O5/c1-25-11-3-10-19-16-9-4-13(12-17(16)21(23)24)18(22)20-14-5-7-15(26-2)8-6-14/h4-9,12,19H,3,10-11H2,1-2H3,(H,20,22). The summed E-state index contributed by atoms with van der Waals surface area (Å²) in [6, 6.07) is 11.2. The van der Waals surface area contributed by atoms with Gasteiger partial charge in [0.25, 0.3) is 11.6 Å². The van der Waals surface area contributed by atoms with Crippen LogP contribution in [-0.2, 0) is 4.74 Å². The molecular formula is C18H21N3O5. The van der Waals surface area contributed by atoms with Crippen molar-refractivity contribution >= 4 is 23.0 Å². The maximum absolute atomic E-state index is 12.4. The number of methoxy groups -OCH3 is 2. The zero-order valence-electron chi connectivity index (χ0n) is 14.7. The first-order valence-electron chi connectivity index (χ1n) is 8.02. The topological polar surface area (TPSA) is 103 Å². The van der Waals surface area contributed by atoms with Crippen molar-refractivity contribution in [2.75, 3.05) is 38.0 Å². The zero-order valence-corrected chi connectivity index (χ0v) is 14.7. The largest absolute Gasteiger partial charge is 0.497 e. The van der Waals surface area contributed by atoms with Gasteiger partial charge in [0.1, 0.15) is 11.4 Å². The van der Waals surface area contributed by atoms with Crippen molar-refractivity contribution in [3.05, 3.63) is 58.1 Å². The Morgan fingerprint density at radius 1 is 1.15 bits per heavy atom. The molecular weight excluding hydrogens is 338 g/mol. The van der Waals surface area contributed by atoms with Gasteiger partial charge in [0.15, 0.2) is 0 Å². The third-order valence-corrected chi connectivity index (χ3v) is 3.65. The minimum Gasteiger partial charge on any atom is -0.497 e. The van der Waals surface area contributed by atoms with Crippen molar-refractivity contribution < 1.29 is 19.2 Å². The first-order valence-corrected chi connectivity index (χ1v) is 8.02. The number of anilines is 2. The molecule has 0 radical (unpaired) electrons. The van der Waals surface area contributed by atoms with E-state index in [0.717, 1.165) is 0 Å². The highest BCUT2D eigenvalue weighted by Gasteiger charge is 2.17. The van der Waals surface area contributed by atoms with Gasteiger partial charge in [-0.3, -0.25) is 14.9 Å². The highest BCUT2D eigenvalue weighted by molar-refractivity contribution is 6.05. The first kappa shape index (κ1) is 19.2. The van der Waals surface area contributed by atoms with Crippen molar-refractivity contribution in [1.29, 1.82) is 0 Å². The van der Waals surface area contributed by atoms with Crippen LogP contribution in [0.1, 0.15) is 16.8 Å². The summed E-state index contributed by atoms with van der Waals surface area (Å²) in [5, 5.41) is 17.0. The van der Waals surface area contributed by atoms with E-state index in [4.69, 9.17) is 9.47 Å². The Kier molecular flexibility index (Phi) is 6.92. The van der Waals surface area contributed by atoms with E-state index < -0.39 is 10.8 Å². The molecule has 2 N–H and O–H groups in total. The summed E-state index contributed by atoms with van der Waals surface area (Å²) in [6.07, 6.45) is 0.716. The molecule has 0 unspecified atom stereocenters. The van der Waals surface area contributed by atoms with Crippen LogP contribution in [0, 0.1) is 10.1 Å². The van der Waals surface area contributed by atoms with Crippen LogP contribution in [0.15, 0.2) is 42.5 Å². The van der Waals surface area contributed by atoms with E-state index in [-0.39, 0.29) is 11.3 Å². The number of hydrogen-bond acceptors (Lipinski definition) is 6. The molecule has 2 aromatic rings. The van der Waals surface area contributed by atoms with Crippen LogP contribution in [0.2, 0.25) is 0 Å². The number of nitro benzene ring substituents is 1. The van der Waals surface area contributed by atoms with Crippen molar-refractivity contribution in [1.82, 2.24) is 0 Å². The molecule has 0 atom stereocenters. The van der Waals surface area contributed by atoms with Gasteiger partial charge in [0.2, 0.25) is 0 Å². The number of amides is 1.